The fourth-order valence-corrected chi connectivity index (χ4v) is 5.22. The van der Waals surface area contributed by atoms with E-state index in [2.05, 4.69) is 16.7 Å². The lowest BCUT2D eigenvalue weighted by molar-refractivity contribution is -0.0871. The maximum absolute atomic E-state index is 6.12. The Morgan fingerprint density at radius 2 is 2.33 bits per heavy atom. The predicted molar refractivity (Wildman–Crippen MR) is 77.0 cm³/mol. The van der Waals surface area contributed by atoms with Gasteiger partial charge in [-0.3, -0.25) is 4.90 Å². The summed E-state index contributed by atoms with van der Waals surface area (Å²) in [5.74, 6) is 3.37. The van der Waals surface area contributed by atoms with Crippen molar-refractivity contribution >= 4 is 11.8 Å². The third-order valence-corrected chi connectivity index (χ3v) is 6.17. The van der Waals surface area contributed by atoms with Gasteiger partial charge in [0.15, 0.2) is 0 Å². The highest BCUT2D eigenvalue weighted by Gasteiger charge is 2.42. The molecule has 0 saturated carbocycles. The van der Waals surface area contributed by atoms with Crippen LogP contribution in [0.25, 0.3) is 0 Å². The zero-order valence-corrected chi connectivity index (χ0v) is 12.1. The first-order chi connectivity index (χ1) is 8.81. The molecule has 3 heterocycles. The van der Waals surface area contributed by atoms with E-state index in [4.69, 9.17) is 10.5 Å². The Balaban J connectivity index is 1.56. The van der Waals surface area contributed by atoms with Crippen LogP contribution in [0.1, 0.15) is 32.1 Å². The summed E-state index contributed by atoms with van der Waals surface area (Å²) >= 11 is 2.07. The number of hydrogen-bond donors (Lipinski definition) is 1. The monoisotopic (exact) mass is 270 g/mol. The van der Waals surface area contributed by atoms with E-state index in [1.165, 1.54) is 56.7 Å². The number of thioether (sulfide) groups is 1. The zero-order valence-electron chi connectivity index (χ0n) is 11.3. The average molecular weight is 270 g/mol. The maximum Gasteiger partial charge on any atom is 0.0795 e. The second kappa shape index (κ2) is 5.70. The number of ether oxygens (including phenoxy) is 1. The van der Waals surface area contributed by atoms with E-state index in [-0.39, 0.29) is 5.60 Å². The Labute approximate surface area is 115 Å². The summed E-state index contributed by atoms with van der Waals surface area (Å²) in [6.07, 6.45) is 6.35. The van der Waals surface area contributed by atoms with Crippen LogP contribution in [0.3, 0.4) is 0 Å². The van der Waals surface area contributed by atoms with Crippen LogP contribution in [0.4, 0.5) is 0 Å². The van der Waals surface area contributed by atoms with Gasteiger partial charge >= 0.3 is 0 Å². The molecule has 0 aromatic heterocycles. The largest absolute Gasteiger partial charge is 0.374 e. The fraction of sp³-hybridized carbons (Fsp3) is 1.00. The van der Waals surface area contributed by atoms with Crippen LogP contribution in [0.15, 0.2) is 0 Å². The van der Waals surface area contributed by atoms with Crippen LogP contribution in [0.2, 0.25) is 0 Å². The standard InChI is InChI=1S/C14H26N2OS/c15-5-1-12-2-6-16(10-12)13-3-7-17-14(9-13)4-8-18-11-14/h12-13H,1-11,15H2. The molecule has 3 fully saturated rings. The molecule has 3 unspecified atom stereocenters. The molecule has 4 heteroatoms. The number of nitrogens with two attached hydrogens (primary N) is 1. The third kappa shape index (κ3) is 2.72. The van der Waals surface area contributed by atoms with Crippen molar-refractivity contribution in [3.8, 4) is 0 Å². The summed E-state index contributed by atoms with van der Waals surface area (Å²) in [5.41, 5.74) is 5.92. The second-order valence-corrected chi connectivity index (χ2v) is 7.31. The van der Waals surface area contributed by atoms with E-state index in [9.17, 15) is 0 Å². The van der Waals surface area contributed by atoms with E-state index in [1.807, 2.05) is 0 Å². The van der Waals surface area contributed by atoms with Gasteiger partial charge in [-0.1, -0.05) is 0 Å². The van der Waals surface area contributed by atoms with Crippen LogP contribution >= 0.6 is 11.8 Å². The first-order valence-electron chi connectivity index (χ1n) is 7.47. The number of nitrogens with zero attached hydrogens (tertiary/aromatic N) is 1. The Kier molecular flexibility index (Phi) is 4.18. The Hall–Kier alpha value is 0.230. The molecule has 18 heavy (non-hydrogen) atoms. The van der Waals surface area contributed by atoms with Gasteiger partial charge in [-0.2, -0.15) is 11.8 Å². The van der Waals surface area contributed by atoms with Crippen molar-refractivity contribution in [3.63, 3.8) is 0 Å². The highest BCUT2D eigenvalue weighted by Crippen LogP contribution is 2.40. The summed E-state index contributed by atoms with van der Waals surface area (Å²) in [6, 6.07) is 0.778. The van der Waals surface area contributed by atoms with E-state index in [1.54, 1.807) is 0 Å². The molecule has 3 atom stereocenters. The van der Waals surface area contributed by atoms with E-state index in [0.717, 1.165) is 25.1 Å². The summed E-state index contributed by atoms with van der Waals surface area (Å²) in [7, 11) is 0. The summed E-state index contributed by atoms with van der Waals surface area (Å²) in [6.45, 7) is 4.40. The molecule has 0 aromatic carbocycles. The minimum atomic E-state index is 0.236. The van der Waals surface area contributed by atoms with E-state index in [0.29, 0.717) is 0 Å². The normalized spacial score (nSPS) is 41.8. The van der Waals surface area contributed by atoms with Gasteiger partial charge < -0.3 is 10.5 Å². The molecule has 3 aliphatic heterocycles. The summed E-state index contributed by atoms with van der Waals surface area (Å²) in [5, 5.41) is 0. The van der Waals surface area contributed by atoms with Gasteiger partial charge in [-0.15, -0.1) is 0 Å². The molecular formula is C14H26N2OS. The van der Waals surface area contributed by atoms with Crippen molar-refractivity contribution in [2.24, 2.45) is 11.7 Å². The van der Waals surface area contributed by atoms with Crippen molar-refractivity contribution in [3.05, 3.63) is 0 Å². The van der Waals surface area contributed by atoms with Crippen LogP contribution in [-0.4, -0.2) is 54.3 Å². The van der Waals surface area contributed by atoms with Gasteiger partial charge in [-0.25, -0.2) is 0 Å². The van der Waals surface area contributed by atoms with Gasteiger partial charge in [-0.05, 0) is 56.9 Å². The quantitative estimate of drug-likeness (QED) is 0.847. The first-order valence-corrected chi connectivity index (χ1v) is 8.63. The highest BCUT2D eigenvalue weighted by atomic mass is 32.2. The van der Waals surface area contributed by atoms with Gasteiger partial charge in [0, 0.05) is 24.9 Å². The molecule has 3 aliphatic rings. The molecule has 0 aromatic rings. The molecule has 0 aliphatic carbocycles. The number of hydrogen-bond acceptors (Lipinski definition) is 4. The van der Waals surface area contributed by atoms with Crippen molar-refractivity contribution in [1.29, 1.82) is 0 Å². The Morgan fingerprint density at radius 1 is 1.39 bits per heavy atom. The van der Waals surface area contributed by atoms with Crippen LogP contribution in [-0.2, 0) is 4.74 Å². The molecule has 0 bridgehead atoms. The number of likely N-dealkylation sites (tertiary alicyclic amines) is 1. The third-order valence-electron chi connectivity index (χ3n) is 4.94. The van der Waals surface area contributed by atoms with Gasteiger partial charge in [0.2, 0.25) is 0 Å². The van der Waals surface area contributed by atoms with Crippen molar-refractivity contribution in [1.82, 2.24) is 4.90 Å². The zero-order chi connectivity index (χ0) is 12.4. The Bertz CT molecular complexity index is 281. The molecule has 0 amide bonds. The lowest BCUT2D eigenvalue weighted by Gasteiger charge is -2.41. The van der Waals surface area contributed by atoms with Crippen molar-refractivity contribution < 1.29 is 4.74 Å². The minimum absolute atomic E-state index is 0.236. The molecule has 104 valence electrons. The smallest absolute Gasteiger partial charge is 0.0795 e. The topological polar surface area (TPSA) is 38.5 Å². The van der Waals surface area contributed by atoms with Gasteiger partial charge in [0.05, 0.1) is 5.60 Å². The second-order valence-electron chi connectivity index (χ2n) is 6.21. The van der Waals surface area contributed by atoms with Crippen LogP contribution in [0, 0.1) is 5.92 Å². The van der Waals surface area contributed by atoms with Gasteiger partial charge in [0.25, 0.3) is 0 Å². The molecule has 3 saturated heterocycles. The van der Waals surface area contributed by atoms with Crippen LogP contribution < -0.4 is 5.73 Å². The SMILES string of the molecule is NCCC1CCN(C2CCOC3(CCSC3)C2)C1. The Morgan fingerprint density at radius 3 is 3.11 bits per heavy atom. The van der Waals surface area contributed by atoms with Gasteiger partial charge in [0.1, 0.15) is 0 Å². The maximum atomic E-state index is 6.12. The van der Waals surface area contributed by atoms with Crippen LogP contribution in [0.5, 0.6) is 0 Å². The summed E-state index contributed by atoms with van der Waals surface area (Å²) in [4.78, 5) is 2.73. The average Bonchev–Trinajstić information content (AvgIpc) is 3.00. The van der Waals surface area contributed by atoms with E-state index >= 15 is 0 Å². The summed E-state index contributed by atoms with van der Waals surface area (Å²) < 4.78 is 6.12. The molecule has 2 N–H and O–H groups in total. The highest BCUT2D eigenvalue weighted by molar-refractivity contribution is 7.99. The molecule has 1 spiro atoms. The number of rotatable bonds is 3. The lowest BCUT2D eigenvalue weighted by Crippen LogP contribution is -2.48. The first kappa shape index (κ1) is 13.2. The molecule has 3 rings (SSSR count). The van der Waals surface area contributed by atoms with E-state index < -0.39 is 0 Å². The van der Waals surface area contributed by atoms with Crippen molar-refractivity contribution in [2.45, 2.75) is 43.7 Å². The lowest BCUT2D eigenvalue weighted by atomic mass is 9.89. The van der Waals surface area contributed by atoms with Crippen molar-refractivity contribution in [2.75, 3.05) is 37.7 Å². The molecule has 0 radical (unpaired) electrons. The minimum Gasteiger partial charge on any atom is -0.374 e. The predicted octanol–water partition coefficient (Wildman–Crippen LogP) is 1.71. The fourth-order valence-electron chi connectivity index (χ4n) is 3.84. The molecule has 3 nitrogen and oxygen atoms in total. The molecular weight excluding hydrogens is 244 g/mol.